The van der Waals surface area contributed by atoms with Crippen molar-refractivity contribution >= 4 is 40.8 Å². The lowest BCUT2D eigenvalue weighted by atomic mass is 9.94. The molecule has 0 radical (unpaired) electrons. The molecule has 2 amide bonds. The van der Waals surface area contributed by atoms with Crippen LogP contribution in [0.5, 0.6) is 0 Å². The summed E-state index contributed by atoms with van der Waals surface area (Å²) in [5, 5.41) is 11.7. The summed E-state index contributed by atoms with van der Waals surface area (Å²) in [4.78, 5) is 25.8. The second-order valence-corrected chi connectivity index (χ2v) is 9.16. The summed E-state index contributed by atoms with van der Waals surface area (Å²) in [6, 6.07) is 11.7. The van der Waals surface area contributed by atoms with Gasteiger partial charge in [-0.15, -0.1) is 23.1 Å². The number of carbonyl (C=O) groups is 2. The zero-order chi connectivity index (χ0) is 20.0. The van der Waals surface area contributed by atoms with E-state index in [1.54, 1.807) is 35.5 Å². The predicted molar refractivity (Wildman–Crippen MR) is 113 cm³/mol. The van der Waals surface area contributed by atoms with E-state index in [2.05, 4.69) is 17.4 Å². The molecule has 1 atom stereocenters. The summed E-state index contributed by atoms with van der Waals surface area (Å²) in [6.07, 6.45) is 2.91. The number of hydrogen-bond acceptors (Lipinski definition) is 6. The minimum atomic E-state index is -0.473. The van der Waals surface area contributed by atoms with Gasteiger partial charge in [-0.1, -0.05) is 18.6 Å². The molecular formula is C20H24N2O4S2. The van der Waals surface area contributed by atoms with Crippen molar-refractivity contribution in [2.24, 2.45) is 0 Å². The Balaban J connectivity index is 1.84. The summed E-state index contributed by atoms with van der Waals surface area (Å²) >= 11 is 3.45. The van der Waals surface area contributed by atoms with Crippen LogP contribution >= 0.6 is 23.1 Å². The first kappa shape index (κ1) is 20.7. The van der Waals surface area contributed by atoms with E-state index in [0.29, 0.717) is 12.3 Å². The SMILES string of the molecule is CCOC(=O)Nc1cccc(-c2ccc([C@@]3(CC(=O)NO)CCCCS3)s2)c1. The number of thiophene rings is 1. The van der Waals surface area contributed by atoms with Crippen molar-refractivity contribution in [1.29, 1.82) is 0 Å². The number of ether oxygens (including phenoxy) is 1. The third-order valence-electron chi connectivity index (χ3n) is 4.65. The highest BCUT2D eigenvalue weighted by atomic mass is 32.2. The zero-order valence-corrected chi connectivity index (χ0v) is 17.3. The minimum absolute atomic E-state index is 0.262. The number of anilines is 1. The number of nitrogens with one attached hydrogen (secondary N) is 2. The Kier molecular flexibility index (Phi) is 6.98. The Morgan fingerprint density at radius 3 is 2.82 bits per heavy atom. The van der Waals surface area contributed by atoms with Gasteiger partial charge in [-0.05, 0) is 55.3 Å². The molecule has 1 aliphatic rings. The monoisotopic (exact) mass is 420 g/mol. The summed E-state index contributed by atoms with van der Waals surface area (Å²) in [5.41, 5.74) is 3.45. The first-order valence-corrected chi connectivity index (χ1v) is 11.1. The minimum Gasteiger partial charge on any atom is -0.450 e. The maximum Gasteiger partial charge on any atom is 0.411 e. The van der Waals surface area contributed by atoms with Gasteiger partial charge in [0.15, 0.2) is 0 Å². The first-order chi connectivity index (χ1) is 13.6. The van der Waals surface area contributed by atoms with Crippen LogP contribution in [0.25, 0.3) is 10.4 Å². The second kappa shape index (κ2) is 9.45. The lowest BCUT2D eigenvalue weighted by Gasteiger charge is -2.35. The van der Waals surface area contributed by atoms with Crippen LogP contribution in [-0.2, 0) is 14.3 Å². The second-order valence-electron chi connectivity index (χ2n) is 6.60. The first-order valence-electron chi connectivity index (χ1n) is 9.28. The summed E-state index contributed by atoms with van der Waals surface area (Å²) in [7, 11) is 0. The third kappa shape index (κ3) is 4.87. The Morgan fingerprint density at radius 1 is 1.25 bits per heavy atom. The van der Waals surface area contributed by atoms with Crippen molar-refractivity contribution in [3.63, 3.8) is 0 Å². The summed E-state index contributed by atoms with van der Waals surface area (Å²) in [5.74, 6) is 0.648. The topological polar surface area (TPSA) is 87.7 Å². The molecule has 6 nitrogen and oxygen atoms in total. The standard InChI is InChI=1S/C20H24N2O4S2/c1-2-26-19(24)21-15-7-5-6-14(12-15)16-8-9-17(28-16)20(13-18(23)22-25)10-3-4-11-27-20/h5-9,12,25H,2-4,10-11,13H2,1H3,(H,21,24)(H,22,23)/t20-/m0/s1. The molecule has 28 heavy (non-hydrogen) atoms. The quantitative estimate of drug-likeness (QED) is 0.453. The van der Waals surface area contributed by atoms with E-state index in [9.17, 15) is 9.59 Å². The molecule has 150 valence electrons. The van der Waals surface area contributed by atoms with E-state index in [0.717, 1.165) is 40.3 Å². The molecule has 1 aromatic carbocycles. The van der Waals surface area contributed by atoms with Gasteiger partial charge in [-0.25, -0.2) is 10.3 Å². The lowest BCUT2D eigenvalue weighted by molar-refractivity contribution is -0.129. The molecule has 0 saturated carbocycles. The van der Waals surface area contributed by atoms with E-state index in [1.165, 1.54) is 0 Å². The molecule has 0 aliphatic carbocycles. The van der Waals surface area contributed by atoms with Gasteiger partial charge >= 0.3 is 6.09 Å². The van der Waals surface area contributed by atoms with Crippen LogP contribution in [0.2, 0.25) is 0 Å². The predicted octanol–water partition coefficient (Wildman–Crippen LogP) is 4.99. The van der Waals surface area contributed by atoms with Gasteiger partial charge < -0.3 is 4.74 Å². The maximum atomic E-state index is 11.9. The molecule has 1 fully saturated rings. The largest absolute Gasteiger partial charge is 0.450 e. The number of hydrogen-bond donors (Lipinski definition) is 3. The van der Waals surface area contributed by atoms with Crippen LogP contribution in [-0.4, -0.2) is 29.6 Å². The molecule has 1 saturated heterocycles. The van der Waals surface area contributed by atoms with Gasteiger partial charge in [0.05, 0.1) is 11.4 Å². The lowest BCUT2D eigenvalue weighted by Crippen LogP contribution is -2.32. The Morgan fingerprint density at radius 2 is 2.11 bits per heavy atom. The summed E-state index contributed by atoms with van der Waals surface area (Å²) < 4.78 is 4.63. The molecule has 8 heteroatoms. The highest BCUT2D eigenvalue weighted by Gasteiger charge is 2.38. The fourth-order valence-corrected chi connectivity index (χ4v) is 6.23. The Bertz CT molecular complexity index is 831. The van der Waals surface area contributed by atoms with Crippen LogP contribution < -0.4 is 10.8 Å². The highest BCUT2D eigenvalue weighted by molar-refractivity contribution is 8.00. The molecule has 0 spiro atoms. The van der Waals surface area contributed by atoms with Crippen molar-refractivity contribution in [3.05, 3.63) is 41.3 Å². The average molecular weight is 421 g/mol. The van der Waals surface area contributed by atoms with Crippen LogP contribution in [0.3, 0.4) is 0 Å². The van der Waals surface area contributed by atoms with E-state index in [-0.39, 0.29) is 17.1 Å². The van der Waals surface area contributed by atoms with Gasteiger partial charge in [0.2, 0.25) is 5.91 Å². The maximum absolute atomic E-state index is 11.9. The summed E-state index contributed by atoms with van der Waals surface area (Å²) in [6.45, 7) is 2.08. The van der Waals surface area contributed by atoms with Gasteiger partial charge in [0.1, 0.15) is 0 Å². The van der Waals surface area contributed by atoms with Crippen LogP contribution in [0, 0.1) is 0 Å². The van der Waals surface area contributed by atoms with Crippen molar-refractivity contribution in [1.82, 2.24) is 5.48 Å². The third-order valence-corrected chi connectivity index (χ3v) is 7.73. The molecule has 1 aromatic heterocycles. The van der Waals surface area contributed by atoms with Gasteiger partial charge in [0, 0.05) is 21.9 Å². The van der Waals surface area contributed by atoms with Crippen molar-refractivity contribution < 1.29 is 19.5 Å². The Hall–Kier alpha value is -2.03. The highest BCUT2D eigenvalue weighted by Crippen LogP contribution is 2.50. The van der Waals surface area contributed by atoms with E-state index >= 15 is 0 Å². The van der Waals surface area contributed by atoms with Gasteiger partial charge in [-0.3, -0.25) is 15.3 Å². The van der Waals surface area contributed by atoms with E-state index in [1.807, 2.05) is 24.3 Å². The number of amides is 2. The van der Waals surface area contributed by atoms with Crippen LogP contribution in [0.1, 0.15) is 37.5 Å². The van der Waals surface area contributed by atoms with E-state index in [4.69, 9.17) is 9.94 Å². The molecule has 2 heterocycles. The normalized spacial score (nSPS) is 19.1. The molecule has 1 aliphatic heterocycles. The molecule has 0 bridgehead atoms. The zero-order valence-electron chi connectivity index (χ0n) is 15.7. The van der Waals surface area contributed by atoms with Crippen LogP contribution in [0.15, 0.2) is 36.4 Å². The average Bonchev–Trinajstić information content (AvgIpc) is 3.20. The molecule has 3 rings (SSSR count). The fourth-order valence-electron chi connectivity index (χ4n) is 3.35. The van der Waals surface area contributed by atoms with Gasteiger partial charge in [0.25, 0.3) is 0 Å². The van der Waals surface area contributed by atoms with Crippen LogP contribution in [0.4, 0.5) is 10.5 Å². The number of hydroxylamine groups is 1. The van der Waals surface area contributed by atoms with Gasteiger partial charge in [-0.2, -0.15) is 0 Å². The molecule has 2 aromatic rings. The fraction of sp³-hybridized carbons (Fsp3) is 0.400. The van der Waals surface area contributed by atoms with Crippen molar-refractivity contribution in [2.45, 2.75) is 37.4 Å². The number of benzene rings is 1. The van der Waals surface area contributed by atoms with Crippen molar-refractivity contribution in [2.75, 3.05) is 17.7 Å². The number of rotatable bonds is 6. The van der Waals surface area contributed by atoms with Crippen molar-refractivity contribution in [3.8, 4) is 10.4 Å². The number of carbonyl (C=O) groups excluding carboxylic acids is 2. The smallest absolute Gasteiger partial charge is 0.411 e. The van der Waals surface area contributed by atoms with E-state index < -0.39 is 6.09 Å². The Labute approximate surface area is 172 Å². The molecule has 0 unspecified atom stereocenters. The molecule has 3 N–H and O–H groups in total. The molecular weight excluding hydrogens is 396 g/mol. The number of thioether (sulfide) groups is 1.